The van der Waals surface area contributed by atoms with Crippen LogP contribution in [0.3, 0.4) is 0 Å². The van der Waals surface area contributed by atoms with Crippen molar-refractivity contribution in [3.63, 3.8) is 0 Å². The first-order chi connectivity index (χ1) is 5.92. The largest absolute Gasteiger partial charge is 0.234 e. The van der Waals surface area contributed by atoms with Crippen molar-refractivity contribution in [1.82, 2.24) is 4.98 Å². The van der Waals surface area contributed by atoms with Crippen LogP contribution in [-0.4, -0.2) is 4.98 Å². The van der Waals surface area contributed by atoms with Crippen LogP contribution in [0.4, 0.5) is 5.82 Å². The van der Waals surface area contributed by atoms with E-state index >= 15 is 0 Å². The van der Waals surface area contributed by atoms with Crippen molar-refractivity contribution in [2.75, 3.05) is 0 Å². The van der Waals surface area contributed by atoms with E-state index in [0.717, 1.165) is 10.8 Å². The Hall–Kier alpha value is -1.77. The second-order valence-corrected chi connectivity index (χ2v) is 2.45. The highest BCUT2D eigenvalue weighted by Gasteiger charge is 1.99. The molecule has 0 bridgehead atoms. The fourth-order valence-corrected chi connectivity index (χ4v) is 1.18. The van der Waals surface area contributed by atoms with Gasteiger partial charge in [0.25, 0.3) is 0 Å². The number of pyridine rings is 1. The van der Waals surface area contributed by atoms with E-state index < -0.39 is 0 Å². The lowest BCUT2D eigenvalue weighted by Crippen LogP contribution is -1.75. The minimum Gasteiger partial charge on any atom is -0.234 e. The van der Waals surface area contributed by atoms with E-state index in [4.69, 9.17) is 0 Å². The van der Waals surface area contributed by atoms with Crippen LogP contribution in [-0.2, 0) is 0 Å². The molecule has 0 spiro atoms. The van der Waals surface area contributed by atoms with Crippen molar-refractivity contribution in [2.45, 2.75) is 0 Å². The third kappa shape index (κ3) is 0.955. The molecule has 0 aliphatic rings. The normalized spacial score (nSPS) is 10.0. The average Bonchev–Trinajstić information content (AvgIpc) is 2.17. The molecular weight excluding hydrogens is 152 g/mol. The minimum absolute atomic E-state index is 0.258. The smallest absolute Gasteiger partial charge is 0.204 e. The minimum atomic E-state index is 0.258. The van der Waals surface area contributed by atoms with Gasteiger partial charge in [0, 0.05) is 11.6 Å². The molecular formula is C9H6N2O. The molecule has 0 N–H and O–H groups in total. The fourth-order valence-electron chi connectivity index (χ4n) is 1.18. The van der Waals surface area contributed by atoms with Crippen molar-refractivity contribution in [3.8, 4) is 0 Å². The Balaban J connectivity index is 2.88. The molecule has 2 aromatic rings. The summed E-state index contributed by atoms with van der Waals surface area (Å²) in [5.74, 6) is 0.258. The van der Waals surface area contributed by atoms with Gasteiger partial charge in [-0.1, -0.05) is 24.3 Å². The zero-order chi connectivity index (χ0) is 8.39. The van der Waals surface area contributed by atoms with Gasteiger partial charge in [-0.2, -0.15) is 0 Å². The van der Waals surface area contributed by atoms with Gasteiger partial charge < -0.3 is 0 Å². The number of nitrogens with zero attached hydrogens (tertiary/aromatic N) is 2. The molecule has 0 aliphatic carbocycles. The summed E-state index contributed by atoms with van der Waals surface area (Å²) in [5, 5.41) is 4.63. The molecule has 0 unspecified atom stereocenters. The highest BCUT2D eigenvalue weighted by molar-refractivity contribution is 5.90. The molecule has 58 valence electrons. The van der Waals surface area contributed by atoms with Gasteiger partial charge in [0.05, 0.1) is 0 Å². The summed E-state index contributed by atoms with van der Waals surface area (Å²) in [6, 6.07) is 9.38. The van der Waals surface area contributed by atoms with E-state index in [9.17, 15) is 4.91 Å². The third-order valence-corrected chi connectivity index (χ3v) is 1.74. The third-order valence-electron chi connectivity index (χ3n) is 1.74. The molecule has 1 aromatic carbocycles. The van der Waals surface area contributed by atoms with Crippen molar-refractivity contribution < 1.29 is 0 Å². The van der Waals surface area contributed by atoms with Gasteiger partial charge in [-0.05, 0) is 16.6 Å². The van der Waals surface area contributed by atoms with Crippen molar-refractivity contribution in [3.05, 3.63) is 41.4 Å². The van der Waals surface area contributed by atoms with Crippen LogP contribution in [0.15, 0.2) is 41.7 Å². The molecule has 1 heterocycles. The quantitative estimate of drug-likeness (QED) is 0.598. The Morgan fingerprint density at radius 2 is 2.00 bits per heavy atom. The van der Waals surface area contributed by atoms with Crippen LogP contribution < -0.4 is 0 Å². The molecule has 0 aliphatic heterocycles. The van der Waals surface area contributed by atoms with E-state index in [2.05, 4.69) is 10.2 Å². The van der Waals surface area contributed by atoms with Crippen LogP contribution in [0.25, 0.3) is 10.8 Å². The zero-order valence-corrected chi connectivity index (χ0v) is 6.27. The molecule has 3 heteroatoms. The van der Waals surface area contributed by atoms with Gasteiger partial charge in [-0.15, -0.1) is 4.91 Å². The summed E-state index contributed by atoms with van der Waals surface area (Å²) in [6.07, 6.45) is 1.58. The van der Waals surface area contributed by atoms with Crippen LogP contribution in [0, 0.1) is 4.91 Å². The first-order valence-corrected chi connectivity index (χ1v) is 3.59. The van der Waals surface area contributed by atoms with Gasteiger partial charge in [0.1, 0.15) is 0 Å². The van der Waals surface area contributed by atoms with E-state index in [0.29, 0.717) is 0 Å². The molecule has 0 amide bonds. The van der Waals surface area contributed by atoms with Gasteiger partial charge in [0.2, 0.25) is 5.82 Å². The zero-order valence-electron chi connectivity index (χ0n) is 6.27. The number of nitroso groups, excluding NO2 is 1. The number of rotatable bonds is 1. The number of hydrogen-bond donors (Lipinski definition) is 0. The van der Waals surface area contributed by atoms with E-state index in [1.807, 2.05) is 30.3 Å². The van der Waals surface area contributed by atoms with Crippen LogP contribution in [0.5, 0.6) is 0 Å². The molecule has 12 heavy (non-hydrogen) atoms. The van der Waals surface area contributed by atoms with Crippen LogP contribution in [0.1, 0.15) is 0 Å². The SMILES string of the molecule is O=Nc1nccc2ccccc12. The van der Waals surface area contributed by atoms with Crippen LogP contribution in [0.2, 0.25) is 0 Å². The van der Waals surface area contributed by atoms with Crippen molar-refractivity contribution in [2.24, 2.45) is 5.18 Å². The van der Waals surface area contributed by atoms with Crippen molar-refractivity contribution in [1.29, 1.82) is 0 Å². The lowest BCUT2D eigenvalue weighted by atomic mass is 10.2. The Morgan fingerprint density at radius 3 is 2.83 bits per heavy atom. The number of fused-ring (bicyclic) bond motifs is 1. The topological polar surface area (TPSA) is 42.3 Å². The lowest BCUT2D eigenvalue weighted by Gasteiger charge is -1.95. The Morgan fingerprint density at radius 1 is 1.17 bits per heavy atom. The van der Waals surface area contributed by atoms with E-state index in [-0.39, 0.29) is 5.82 Å². The number of hydrogen-bond acceptors (Lipinski definition) is 3. The monoisotopic (exact) mass is 158 g/mol. The molecule has 0 fully saturated rings. The van der Waals surface area contributed by atoms with Crippen molar-refractivity contribution >= 4 is 16.6 Å². The first-order valence-electron chi connectivity index (χ1n) is 3.59. The maximum atomic E-state index is 10.3. The summed E-state index contributed by atoms with van der Waals surface area (Å²) in [7, 11) is 0. The summed E-state index contributed by atoms with van der Waals surface area (Å²) in [4.78, 5) is 14.2. The maximum absolute atomic E-state index is 10.3. The second kappa shape index (κ2) is 2.70. The van der Waals surface area contributed by atoms with Gasteiger partial charge >= 0.3 is 0 Å². The van der Waals surface area contributed by atoms with E-state index in [1.54, 1.807) is 6.20 Å². The standard InChI is InChI=1S/C9H6N2O/c12-11-9-8-4-2-1-3-7(8)5-6-10-9/h1-6H. The first kappa shape index (κ1) is 6.91. The Bertz CT molecular complexity index is 420. The predicted molar refractivity (Wildman–Crippen MR) is 47.2 cm³/mol. The molecule has 0 saturated heterocycles. The lowest BCUT2D eigenvalue weighted by molar-refractivity contribution is 1.29. The average molecular weight is 158 g/mol. The molecule has 1 aromatic heterocycles. The maximum Gasteiger partial charge on any atom is 0.204 e. The van der Waals surface area contributed by atoms with E-state index in [1.165, 1.54) is 0 Å². The molecule has 3 nitrogen and oxygen atoms in total. The molecule has 0 saturated carbocycles. The van der Waals surface area contributed by atoms with Gasteiger partial charge in [0.15, 0.2) is 0 Å². The summed E-state index contributed by atoms with van der Waals surface area (Å²) in [5.41, 5.74) is 0. The number of aromatic nitrogens is 1. The second-order valence-electron chi connectivity index (χ2n) is 2.45. The summed E-state index contributed by atoms with van der Waals surface area (Å²) in [6.45, 7) is 0. The highest BCUT2D eigenvalue weighted by atomic mass is 16.3. The van der Waals surface area contributed by atoms with Crippen LogP contribution >= 0.6 is 0 Å². The fraction of sp³-hybridized carbons (Fsp3) is 0. The Labute approximate surface area is 69.0 Å². The Kier molecular flexibility index (Phi) is 1.55. The number of benzene rings is 1. The summed E-state index contributed by atoms with van der Waals surface area (Å²) >= 11 is 0. The molecule has 0 radical (unpaired) electrons. The molecule has 2 rings (SSSR count). The van der Waals surface area contributed by atoms with Gasteiger partial charge in [-0.3, -0.25) is 0 Å². The van der Waals surface area contributed by atoms with Gasteiger partial charge in [-0.25, -0.2) is 4.98 Å². The summed E-state index contributed by atoms with van der Waals surface area (Å²) < 4.78 is 0. The molecule has 0 atom stereocenters. The predicted octanol–water partition coefficient (Wildman–Crippen LogP) is 2.63. The highest BCUT2D eigenvalue weighted by Crippen LogP contribution is 2.21.